The van der Waals surface area contributed by atoms with E-state index in [9.17, 15) is 39.6 Å². The lowest BCUT2D eigenvalue weighted by Gasteiger charge is -2.26. The Hall–Kier alpha value is -4.40. The molecule has 1 saturated heterocycles. The van der Waals surface area contributed by atoms with Gasteiger partial charge in [-0.2, -0.15) is 19.6 Å². The molecule has 3 fully saturated rings. The number of β-amino-alcohol motifs (C(OH)–C–C–N with tert-alkyl or cyclic N) is 1. The van der Waals surface area contributed by atoms with Crippen LogP contribution >= 0.6 is 23.2 Å². The van der Waals surface area contributed by atoms with Crippen molar-refractivity contribution in [2.24, 2.45) is 5.73 Å². The van der Waals surface area contributed by atoms with Gasteiger partial charge >= 0.3 is 11.4 Å². The number of nitrogens with one attached hydrogen (secondary N) is 2. The van der Waals surface area contributed by atoms with Gasteiger partial charge in [-0.1, -0.05) is 74.6 Å². The fraction of sp³-hybridized carbons (Fsp3) is 0.609. The number of carbonyl (C=O) groups is 2. The number of nitrogens with two attached hydrogens (primary N) is 1. The van der Waals surface area contributed by atoms with Crippen molar-refractivity contribution in [1.82, 2.24) is 44.2 Å². The van der Waals surface area contributed by atoms with E-state index in [1.807, 2.05) is 0 Å². The molecule has 20 heteroatoms. The topological polar surface area (TPSA) is 248 Å². The Morgan fingerprint density at radius 3 is 1.44 bits per heavy atom. The quantitative estimate of drug-likeness (QED) is 0.0848. The molecule has 8 N–H and O–H groups in total. The highest BCUT2D eigenvalue weighted by atomic mass is 35.5. The maximum Gasteiger partial charge on any atom is 0.350 e. The lowest BCUT2D eigenvalue weighted by atomic mass is 9.94. The van der Waals surface area contributed by atoms with Crippen LogP contribution in [0.15, 0.2) is 46.0 Å². The number of aliphatic hydroxyl groups excluding tert-OH is 2. The van der Waals surface area contributed by atoms with Crippen LogP contribution in [0.1, 0.15) is 122 Å². The Kier molecular flexibility index (Phi) is 17.8. The fourth-order valence-corrected chi connectivity index (χ4v) is 9.41. The van der Waals surface area contributed by atoms with E-state index in [2.05, 4.69) is 25.7 Å². The Morgan fingerprint density at radius 1 is 0.652 bits per heavy atom. The SMILES string of the molecule is Cc1nn(-c2ccc(Cl)c(C(=O)NCC3(O)CCCCCC3)c2)c(=O)n1CC(O)CN.Cc1nn(-c2ccc(Cl)c(C(=O)NCC3(O)CCCCCC3)c2)c(=O)n1CC(O)CN1CCCC1. The van der Waals surface area contributed by atoms with E-state index in [1.54, 1.807) is 32.0 Å². The molecule has 2 atom stereocenters. The van der Waals surface area contributed by atoms with E-state index in [4.69, 9.17) is 28.9 Å². The maximum absolute atomic E-state index is 13.1. The Bertz CT molecular complexity index is 2390. The zero-order valence-corrected chi connectivity index (χ0v) is 39.6. The molecule has 362 valence electrons. The molecule has 66 heavy (non-hydrogen) atoms. The molecule has 0 radical (unpaired) electrons. The van der Waals surface area contributed by atoms with Crippen LogP contribution in [0.2, 0.25) is 10.0 Å². The van der Waals surface area contributed by atoms with Crippen molar-refractivity contribution >= 4 is 35.0 Å². The first kappa shape index (κ1) is 51.0. The van der Waals surface area contributed by atoms with E-state index < -0.39 is 40.9 Å². The van der Waals surface area contributed by atoms with Crippen molar-refractivity contribution in [2.75, 3.05) is 39.3 Å². The van der Waals surface area contributed by atoms with Crippen LogP contribution in [-0.2, 0) is 13.1 Å². The Labute approximate surface area is 394 Å². The van der Waals surface area contributed by atoms with Gasteiger partial charge < -0.3 is 41.7 Å². The predicted octanol–water partition coefficient (Wildman–Crippen LogP) is 3.40. The van der Waals surface area contributed by atoms with Gasteiger partial charge in [-0.05, 0) is 102 Å². The summed E-state index contributed by atoms with van der Waals surface area (Å²) in [4.78, 5) is 53.8. The monoisotopic (exact) mass is 956 g/mol. The predicted molar refractivity (Wildman–Crippen MR) is 252 cm³/mol. The maximum atomic E-state index is 13.1. The smallest absolute Gasteiger partial charge is 0.350 e. The van der Waals surface area contributed by atoms with Gasteiger partial charge in [0.05, 0.1) is 69.0 Å². The summed E-state index contributed by atoms with van der Waals surface area (Å²) in [6.07, 6.45) is 11.5. The van der Waals surface area contributed by atoms with E-state index >= 15 is 0 Å². The minimum absolute atomic E-state index is 0.0225. The summed E-state index contributed by atoms with van der Waals surface area (Å²) in [6, 6.07) is 9.35. The molecule has 4 aromatic rings. The average molecular weight is 958 g/mol. The number of hydrogen-bond acceptors (Lipinski definition) is 12. The van der Waals surface area contributed by atoms with E-state index in [0.717, 1.165) is 82.0 Å². The number of likely N-dealkylation sites (tertiary alicyclic amines) is 1. The van der Waals surface area contributed by atoms with Crippen LogP contribution in [0, 0.1) is 13.8 Å². The summed E-state index contributed by atoms with van der Waals surface area (Å²) in [7, 11) is 0. The molecule has 3 aliphatic rings. The van der Waals surface area contributed by atoms with Crippen LogP contribution < -0.4 is 27.7 Å². The molecule has 2 aromatic carbocycles. The third-order valence-electron chi connectivity index (χ3n) is 12.9. The van der Waals surface area contributed by atoms with Crippen molar-refractivity contribution < 1.29 is 30.0 Å². The largest absolute Gasteiger partial charge is 0.390 e. The fourth-order valence-electron chi connectivity index (χ4n) is 9.01. The molecule has 2 amide bonds. The number of benzene rings is 2. The van der Waals surface area contributed by atoms with E-state index in [0.29, 0.717) is 55.3 Å². The number of halogens is 2. The van der Waals surface area contributed by atoms with E-state index in [-0.39, 0.29) is 59.6 Å². The summed E-state index contributed by atoms with van der Waals surface area (Å²) in [5, 5.41) is 56.6. The van der Waals surface area contributed by atoms with Gasteiger partial charge in [0.25, 0.3) is 11.8 Å². The van der Waals surface area contributed by atoms with Crippen LogP contribution in [0.5, 0.6) is 0 Å². The second kappa shape index (κ2) is 23.1. The highest BCUT2D eigenvalue weighted by Crippen LogP contribution is 2.28. The number of hydrogen-bond donors (Lipinski definition) is 7. The Morgan fingerprint density at radius 2 is 1.05 bits per heavy atom. The summed E-state index contributed by atoms with van der Waals surface area (Å²) < 4.78 is 5.17. The van der Waals surface area contributed by atoms with Crippen molar-refractivity contribution in [3.05, 3.63) is 90.2 Å². The second-order valence-corrected chi connectivity index (χ2v) is 19.0. The third kappa shape index (κ3) is 13.2. The highest BCUT2D eigenvalue weighted by Gasteiger charge is 2.31. The van der Waals surface area contributed by atoms with Crippen molar-refractivity contribution in [1.29, 1.82) is 0 Å². The first-order valence-corrected chi connectivity index (χ1v) is 24.0. The summed E-state index contributed by atoms with van der Waals surface area (Å²) in [6.45, 7) is 6.35. The molecular weight excluding hydrogens is 891 g/mol. The van der Waals surface area contributed by atoms with E-state index in [1.165, 1.54) is 32.0 Å². The van der Waals surface area contributed by atoms with Crippen molar-refractivity contribution in [3.63, 3.8) is 0 Å². The van der Waals surface area contributed by atoms with Crippen LogP contribution in [-0.4, -0.2) is 129 Å². The molecule has 2 aromatic heterocycles. The second-order valence-electron chi connectivity index (χ2n) is 18.2. The van der Waals surface area contributed by atoms with Gasteiger partial charge in [-0.3, -0.25) is 18.7 Å². The zero-order valence-electron chi connectivity index (χ0n) is 38.1. The number of aliphatic hydroxyl groups is 4. The lowest BCUT2D eigenvalue weighted by Crippen LogP contribution is -2.42. The molecular formula is C46H66Cl2N10O8. The van der Waals surface area contributed by atoms with Gasteiger partial charge in [-0.25, -0.2) is 9.59 Å². The number of aromatic nitrogens is 6. The number of rotatable bonds is 15. The zero-order chi connectivity index (χ0) is 47.6. The lowest BCUT2D eigenvalue weighted by molar-refractivity contribution is 0.0245. The molecule has 2 aliphatic carbocycles. The molecule has 3 heterocycles. The summed E-state index contributed by atoms with van der Waals surface area (Å²) >= 11 is 12.6. The molecule has 0 spiro atoms. The molecule has 2 saturated carbocycles. The average Bonchev–Trinajstić information content (AvgIpc) is 3.86. The van der Waals surface area contributed by atoms with Gasteiger partial charge in [-0.15, -0.1) is 0 Å². The third-order valence-corrected chi connectivity index (χ3v) is 13.6. The summed E-state index contributed by atoms with van der Waals surface area (Å²) in [5.74, 6) is 0.0630. The van der Waals surface area contributed by atoms with Gasteiger partial charge in [0, 0.05) is 26.2 Å². The molecule has 1 aliphatic heterocycles. The minimum Gasteiger partial charge on any atom is -0.390 e. The standard InChI is InChI=1S/C25H36ClN5O4.C21H30ClN5O4/c1-18-28-31(24(34)30(18)16-20(32)15-29-12-6-7-13-29)19-8-9-22(26)21(14-19)23(33)27-17-25(35)10-4-2-3-5-11-25;1-14-25-27(20(30)26(14)12-16(28)11-23)15-6-7-18(22)17(10-15)19(29)24-13-21(31)8-4-2-3-5-9-21/h8-9,14,20,32,35H,2-7,10-13,15-17H2,1H3,(H,27,33);6-7,10,16,28,31H,2-5,8-9,11-13,23H2,1H3,(H,24,29). The first-order chi connectivity index (χ1) is 31.5. The molecule has 7 rings (SSSR count). The van der Waals surface area contributed by atoms with Crippen molar-refractivity contribution in [3.8, 4) is 11.4 Å². The number of carbonyl (C=O) groups excluding carboxylic acids is 2. The van der Waals surface area contributed by atoms with Crippen LogP contribution in [0.25, 0.3) is 11.4 Å². The van der Waals surface area contributed by atoms with Gasteiger partial charge in [0.15, 0.2) is 0 Å². The van der Waals surface area contributed by atoms with Gasteiger partial charge in [0.2, 0.25) is 0 Å². The number of nitrogens with zero attached hydrogens (tertiary/aromatic N) is 7. The van der Waals surface area contributed by atoms with Crippen LogP contribution in [0.3, 0.4) is 0 Å². The van der Waals surface area contributed by atoms with Crippen LogP contribution in [0.4, 0.5) is 0 Å². The minimum atomic E-state index is -0.910. The normalized spacial score (nSPS) is 18.4. The van der Waals surface area contributed by atoms with Gasteiger partial charge in [0.1, 0.15) is 11.6 Å². The Balaban J connectivity index is 0.000000220. The number of amides is 2. The molecule has 0 bridgehead atoms. The summed E-state index contributed by atoms with van der Waals surface area (Å²) in [5.41, 5.74) is 3.98. The molecule has 2 unspecified atom stereocenters. The number of aryl methyl sites for hydroxylation is 2. The highest BCUT2D eigenvalue weighted by molar-refractivity contribution is 6.34. The first-order valence-electron chi connectivity index (χ1n) is 23.2. The molecule has 18 nitrogen and oxygen atoms in total. The van der Waals surface area contributed by atoms with Crippen molar-refractivity contribution in [2.45, 2.75) is 140 Å².